The highest BCUT2D eigenvalue weighted by Gasteiger charge is 2.04. The van der Waals surface area contributed by atoms with Crippen LogP contribution in [-0.2, 0) is 6.54 Å². The minimum atomic E-state index is -0.463. The Morgan fingerprint density at radius 1 is 1.35 bits per heavy atom. The van der Waals surface area contributed by atoms with Crippen molar-refractivity contribution in [1.29, 1.82) is 0 Å². The first kappa shape index (κ1) is 10.9. The van der Waals surface area contributed by atoms with Crippen molar-refractivity contribution in [2.75, 3.05) is 5.32 Å². The van der Waals surface area contributed by atoms with Crippen LogP contribution in [-0.4, -0.2) is 20.1 Å². The van der Waals surface area contributed by atoms with Gasteiger partial charge in [0.05, 0.1) is 11.5 Å². The van der Waals surface area contributed by atoms with Gasteiger partial charge in [0.25, 0.3) is 5.69 Å². The number of hydrogen-bond donors (Lipinski definition) is 3. The van der Waals surface area contributed by atoms with Gasteiger partial charge in [-0.3, -0.25) is 15.1 Å². The van der Waals surface area contributed by atoms with Crippen molar-refractivity contribution in [1.82, 2.24) is 15.2 Å². The third-order valence-electron chi connectivity index (χ3n) is 2.09. The van der Waals surface area contributed by atoms with Gasteiger partial charge in [0.15, 0.2) is 0 Å². The molecule has 0 unspecified atom stereocenters. The van der Waals surface area contributed by atoms with Crippen LogP contribution < -0.4 is 11.0 Å². The van der Waals surface area contributed by atoms with Crippen molar-refractivity contribution >= 4 is 11.4 Å². The SMILES string of the molecule is O=c1[nH]nc(CNc2ccc([N+](=O)[O-])cc2)[nH]1. The average Bonchev–Trinajstić information content (AvgIpc) is 2.73. The molecule has 8 heteroatoms. The Kier molecular flexibility index (Phi) is 2.86. The van der Waals surface area contributed by atoms with Crippen molar-refractivity contribution in [3.63, 3.8) is 0 Å². The van der Waals surface area contributed by atoms with E-state index in [4.69, 9.17) is 0 Å². The molecule has 0 bridgehead atoms. The summed E-state index contributed by atoms with van der Waals surface area (Å²) >= 11 is 0. The fourth-order valence-electron chi connectivity index (χ4n) is 1.28. The lowest BCUT2D eigenvalue weighted by atomic mass is 10.3. The maximum atomic E-state index is 10.7. The van der Waals surface area contributed by atoms with E-state index in [1.54, 1.807) is 12.1 Å². The Labute approximate surface area is 94.8 Å². The van der Waals surface area contributed by atoms with Crippen molar-refractivity contribution in [3.8, 4) is 0 Å². The van der Waals surface area contributed by atoms with Crippen LogP contribution in [0.3, 0.4) is 0 Å². The van der Waals surface area contributed by atoms with E-state index < -0.39 is 4.92 Å². The molecule has 1 aromatic heterocycles. The van der Waals surface area contributed by atoms with Crippen LogP contribution in [0.25, 0.3) is 0 Å². The molecule has 0 amide bonds. The number of nitro benzene ring substituents is 1. The maximum absolute atomic E-state index is 10.7. The highest BCUT2D eigenvalue weighted by Crippen LogP contribution is 2.15. The molecule has 8 nitrogen and oxygen atoms in total. The second-order valence-electron chi connectivity index (χ2n) is 3.28. The number of aromatic amines is 2. The third-order valence-corrected chi connectivity index (χ3v) is 2.09. The zero-order valence-corrected chi connectivity index (χ0v) is 8.64. The standard InChI is InChI=1S/C9H9N5O3/c15-9-11-8(12-13-9)5-10-6-1-3-7(4-2-6)14(16)17/h1-4,10H,5H2,(H2,11,12,13,15). The summed E-state index contributed by atoms with van der Waals surface area (Å²) < 4.78 is 0. The zero-order valence-electron chi connectivity index (χ0n) is 8.64. The number of aromatic nitrogens is 3. The summed E-state index contributed by atoms with van der Waals surface area (Å²) in [6, 6.07) is 5.97. The number of H-pyrrole nitrogens is 2. The lowest BCUT2D eigenvalue weighted by Crippen LogP contribution is -2.04. The topological polar surface area (TPSA) is 117 Å². The summed E-state index contributed by atoms with van der Waals surface area (Å²) in [5.41, 5.74) is 0.369. The molecule has 0 saturated heterocycles. The van der Waals surface area contributed by atoms with Crippen LogP contribution >= 0.6 is 0 Å². The molecule has 88 valence electrons. The number of nitrogens with one attached hydrogen (secondary N) is 3. The van der Waals surface area contributed by atoms with Crippen molar-refractivity contribution in [3.05, 3.63) is 50.7 Å². The Balaban J connectivity index is 2.00. The molecule has 0 fully saturated rings. The van der Waals surface area contributed by atoms with Crippen LogP contribution in [0.1, 0.15) is 5.82 Å². The lowest BCUT2D eigenvalue weighted by Gasteiger charge is -2.02. The van der Waals surface area contributed by atoms with Gasteiger partial charge in [-0.05, 0) is 12.1 Å². The van der Waals surface area contributed by atoms with Gasteiger partial charge >= 0.3 is 5.69 Å². The van der Waals surface area contributed by atoms with Gasteiger partial charge in [-0.25, -0.2) is 9.89 Å². The number of nitro groups is 1. The monoisotopic (exact) mass is 235 g/mol. The first-order chi connectivity index (χ1) is 8.15. The first-order valence-electron chi connectivity index (χ1n) is 4.77. The van der Waals surface area contributed by atoms with Gasteiger partial charge < -0.3 is 5.32 Å². The van der Waals surface area contributed by atoms with Gasteiger partial charge in [-0.2, -0.15) is 5.10 Å². The highest BCUT2D eigenvalue weighted by atomic mass is 16.6. The summed E-state index contributed by atoms with van der Waals surface area (Å²) in [6.07, 6.45) is 0. The number of hydrogen-bond acceptors (Lipinski definition) is 5. The van der Waals surface area contributed by atoms with E-state index in [0.717, 1.165) is 0 Å². The summed E-state index contributed by atoms with van der Waals surface area (Å²) in [7, 11) is 0. The lowest BCUT2D eigenvalue weighted by molar-refractivity contribution is -0.384. The van der Waals surface area contributed by atoms with Crippen molar-refractivity contribution < 1.29 is 4.92 Å². The van der Waals surface area contributed by atoms with Crippen LogP contribution in [0.4, 0.5) is 11.4 Å². The Morgan fingerprint density at radius 2 is 2.06 bits per heavy atom. The molecule has 0 aliphatic heterocycles. The van der Waals surface area contributed by atoms with E-state index >= 15 is 0 Å². The second kappa shape index (κ2) is 4.47. The Hall–Kier alpha value is -2.64. The minimum absolute atomic E-state index is 0.0312. The van der Waals surface area contributed by atoms with E-state index in [1.165, 1.54) is 12.1 Å². The van der Waals surface area contributed by atoms with Gasteiger partial charge in [-0.1, -0.05) is 0 Å². The number of anilines is 1. The van der Waals surface area contributed by atoms with Crippen molar-refractivity contribution in [2.24, 2.45) is 0 Å². The maximum Gasteiger partial charge on any atom is 0.340 e. The van der Waals surface area contributed by atoms with Crippen LogP contribution in [0.15, 0.2) is 29.1 Å². The molecule has 1 heterocycles. The summed E-state index contributed by atoms with van der Waals surface area (Å²) in [4.78, 5) is 23.2. The number of benzene rings is 1. The molecule has 0 radical (unpaired) electrons. The summed E-state index contributed by atoms with van der Waals surface area (Å²) in [5.74, 6) is 0.466. The van der Waals surface area contributed by atoms with E-state index in [0.29, 0.717) is 18.1 Å². The second-order valence-corrected chi connectivity index (χ2v) is 3.28. The average molecular weight is 235 g/mol. The van der Waals surface area contributed by atoms with Gasteiger partial charge in [-0.15, -0.1) is 0 Å². The zero-order chi connectivity index (χ0) is 12.3. The molecular weight excluding hydrogens is 226 g/mol. The molecule has 2 aromatic rings. The molecule has 3 N–H and O–H groups in total. The summed E-state index contributed by atoms with van der Waals surface area (Å²) in [5, 5.41) is 19.3. The van der Waals surface area contributed by atoms with Gasteiger partial charge in [0.2, 0.25) is 0 Å². The minimum Gasteiger partial charge on any atom is -0.378 e. The molecule has 1 aromatic carbocycles. The van der Waals surface area contributed by atoms with Gasteiger partial charge in [0, 0.05) is 17.8 Å². The van der Waals surface area contributed by atoms with Crippen molar-refractivity contribution in [2.45, 2.75) is 6.54 Å². The fraction of sp³-hybridized carbons (Fsp3) is 0.111. The number of non-ortho nitro benzene ring substituents is 1. The predicted molar refractivity (Wildman–Crippen MR) is 59.6 cm³/mol. The molecule has 0 atom stereocenters. The highest BCUT2D eigenvalue weighted by molar-refractivity contribution is 5.48. The number of nitrogens with zero attached hydrogens (tertiary/aromatic N) is 2. The molecule has 0 aliphatic carbocycles. The van der Waals surface area contributed by atoms with E-state index in [2.05, 4.69) is 20.5 Å². The van der Waals surface area contributed by atoms with E-state index in [1.807, 2.05) is 0 Å². The Bertz CT molecular complexity index is 571. The summed E-state index contributed by atoms with van der Waals surface area (Å²) in [6.45, 7) is 0.330. The molecule has 0 aliphatic rings. The quantitative estimate of drug-likeness (QED) is 0.530. The molecule has 17 heavy (non-hydrogen) atoms. The normalized spacial score (nSPS) is 10.1. The van der Waals surface area contributed by atoms with Gasteiger partial charge in [0.1, 0.15) is 5.82 Å². The van der Waals surface area contributed by atoms with Crippen LogP contribution in [0, 0.1) is 10.1 Å². The molecule has 0 saturated carbocycles. The van der Waals surface area contributed by atoms with Crippen LogP contribution in [0.5, 0.6) is 0 Å². The third kappa shape index (κ3) is 2.68. The molecule has 0 spiro atoms. The smallest absolute Gasteiger partial charge is 0.340 e. The van der Waals surface area contributed by atoms with E-state index in [9.17, 15) is 14.9 Å². The molecular formula is C9H9N5O3. The van der Waals surface area contributed by atoms with Crippen LogP contribution in [0.2, 0.25) is 0 Å². The first-order valence-corrected chi connectivity index (χ1v) is 4.77. The Morgan fingerprint density at radius 3 is 2.59 bits per heavy atom. The molecule has 2 rings (SSSR count). The number of rotatable bonds is 4. The van der Waals surface area contributed by atoms with E-state index in [-0.39, 0.29) is 11.4 Å². The largest absolute Gasteiger partial charge is 0.378 e. The fourth-order valence-corrected chi connectivity index (χ4v) is 1.28. The predicted octanol–water partition coefficient (Wildman–Crippen LogP) is 0.618.